The zero-order valence-corrected chi connectivity index (χ0v) is 14.4. The molecule has 0 amide bonds. The SMILES string of the molecule is C1=CC2(c3cc(-c4ccccc4)c4ccccc4n3)C=CC3C1C3C=C2. The standard InChI is InChI=1S/C25H19N/c1-2-6-17(7-3-1)22-16-24(26-23-9-5-4-8-21(22)23)25-13-10-18-19(11-14-25)20(18)12-15-25/h1-16,18-20H. The fourth-order valence-corrected chi connectivity index (χ4v) is 4.64. The molecular formula is C25H19N. The van der Waals surface area contributed by atoms with Crippen molar-refractivity contribution < 1.29 is 0 Å². The van der Waals surface area contributed by atoms with Crippen molar-refractivity contribution in [3.8, 4) is 11.1 Å². The van der Waals surface area contributed by atoms with Gasteiger partial charge in [-0.05, 0) is 41.0 Å². The van der Waals surface area contributed by atoms with Gasteiger partial charge in [0.2, 0.25) is 0 Å². The second-order valence-corrected chi connectivity index (χ2v) is 7.68. The third-order valence-electron chi connectivity index (χ3n) is 6.22. The first-order chi connectivity index (χ1) is 12.8. The molecule has 7 rings (SSSR count). The molecule has 1 saturated carbocycles. The second-order valence-electron chi connectivity index (χ2n) is 7.68. The van der Waals surface area contributed by atoms with Crippen LogP contribution < -0.4 is 0 Å². The first kappa shape index (κ1) is 14.3. The molecule has 0 spiro atoms. The lowest BCUT2D eigenvalue weighted by Gasteiger charge is -2.24. The molecule has 1 aromatic heterocycles. The Labute approximate surface area is 153 Å². The van der Waals surface area contributed by atoms with E-state index >= 15 is 0 Å². The van der Waals surface area contributed by atoms with Crippen molar-refractivity contribution in [3.63, 3.8) is 0 Å². The number of allylic oxidation sites excluding steroid dienone is 6. The van der Waals surface area contributed by atoms with Gasteiger partial charge < -0.3 is 0 Å². The normalized spacial score (nSPS) is 30.4. The highest BCUT2D eigenvalue weighted by Crippen LogP contribution is 2.55. The number of aromatic nitrogens is 1. The molecule has 0 radical (unpaired) electrons. The molecule has 124 valence electrons. The van der Waals surface area contributed by atoms with Crippen LogP contribution in [0.5, 0.6) is 0 Å². The molecule has 0 atom stereocenters. The summed E-state index contributed by atoms with van der Waals surface area (Å²) >= 11 is 0. The summed E-state index contributed by atoms with van der Waals surface area (Å²) in [4.78, 5) is 5.09. The Morgan fingerprint density at radius 1 is 0.692 bits per heavy atom. The summed E-state index contributed by atoms with van der Waals surface area (Å²) in [6, 6.07) is 21.4. The molecule has 26 heavy (non-hydrogen) atoms. The first-order valence-corrected chi connectivity index (χ1v) is 9.38. The van der Waals surface area contributed by atoms with Gasteiger partial charge in [0.15, 0.2) is 0 Å². The van der Waals surface area contributed by atoms with Crippen molar-refractivity contribution in [2.45, 2.75) is 5.41 Å². The van der Waals surface area contributed by atoms with Crippen molar-refractivity contribution >= 4 is 10.9 Å². The van der Waals surface area contributed by atoms with Crippen LogP contribution in [0.4, 0.5) is 0 Å². The van der Waals surface area contributed by atoms with Gasteiger partial charge in [-0.1, -0.05) is 85.0 Å². The van der Waals surface area contributed by atoms with Gasteiger partial charge in [0.25, 0.3) is 0 Å². The van der Waals surface area contributed by atoms with E-state index in [0.29, 0.717) is 17.8 Å². The molecule has 4 aliphatic rings. The molecule has 3 aromatic rings. The Morgan fingerprint density at radius 2 is 1.31 bits per heavy atom. The van der Waals surface area contributed by atoms with Crippen LogP contribution in [0, 0.1) is 17.8 Å². The lowest BCUT2D eigenvalue weighted by atomic mass is 9.82. The molecule has 0 N–H and O–H groups in total. The van der Waals surface area contributed by atoms with Gasteiger partial charge in [0.05, 0.1) is 16.6 Å². The fourth-order valence-electron chi connectivity index (χ4n) is 4.64. The van der Waals surface area contributed by atoms with Gasteiger partial charge in [-0.2, -0.15) is 0 Å². The number of hydrogen-bond acceptors (Lipinski definition) is 1. The predicted octanol–water partition coefficient (Wildman–Crippen LogP) is 5.70. The molecule has 4 aliphatic carbocycles. The Hall–Kier alpha value is -2.93. The number of nitrogens with zero attached hydrogens (tertiary/aromatic N) is 1. The predicted molar refractivity (Wildman–Crippen MR) is 107 cm³/mol. The molecule has 4 bridgehead atoms. The van der Waals surface area contributed by atoms with E-state index < -0.39 is 0 Å². The van der Waals surface area contributed by atoms with E-state index in [1.54, 1.807) is 0 Å². The Bertz CT molecular complexity index is 1050. The number of pyridine rings is 1. The van der Waals surface area contributed by atoms with E-state index in [0.717, 1.165) is 11.2 Å². The highest BCUT2D eigenvalue weighted by molar-refractivity contribution is 5.95. The van der Waals surface area contributed by atoms with E-state index in [1.165, 1.54) is 16.5 Å². The molecule has 1 heteroatoms. The monoisotopic (exact) mass is 333 g/mol. The van der Waals surface area contributed by atoms with Crippen LogP contribution in [-0.4, -0.2) is 4.98 Å². The lowest BCUT2D eigenvalue weighted by Crippen LogP contribution is -2.19. The van der Waals surface area contributed by atoms with Crippen LogP contribution >= 0.6 is 0 Å². The molecule has 2 aromatic carbocycles. The maximum absolute atomic E-state index is 5.09. The molecular weight excluding hydrogens is 314 g/mol. The van der Waals surface area contributed by atoms with Crippen LogP contribution in [0.2, 0.25) is 0 Å². The van der Waals surface area contributed by atoms with Crippen molar-refractivity contribution in [1.29, 1.82) is 0 Å². The zero-order chi connectivity index (χ0) is 17.1. The van der Waals surface area contributed by atoms with Gasteiger partial charge in [-0.15, -0.1) is 0 Å². The average molecular weight is 333 g/mol. The van der Waals surface area contributed by atoms with Crippen molar-refractivity contribution in [2.24, 2.45) is 17.8 Å². The van der Waals surface area contributed by atoms with Crippen LogP contribution in [0.3, 0.4) is 0 Å². The van der Waals surface area contributed by atoms with E-state index in [2.05, 4.69) is 97.1 Å². The number of fused-ring (bicyclic) bond motifs is 1. The maximum atomic E-state index is 5.09. The van der Waals surface area contributed by atoms with Crippen molar-refractivity contribution in [1.82, 2.24) is 4.98 Å². The van der Waals surface area contributed by atoms with Gasteiger partial charge in [-0.3, -0.25) is 4.98 Å². The number of rotatable bonds is 2. The summed E-state index contributed by atoms with van der Waals surface area (Å²) in [5.41, 5.74) is 4.46. The van der Waals surface area contributed by atoms with Gasteiger partial charge >= 0.3 is 0 Å². The van der Waals surface area contributed by atoms with E-state index in [1.807, 2.05) is 0 Å². The highest BCUT2D eigenvalue weighted by atomic mass is 14.7. The van der Waals surface area contributed by atoms with Gasteiger partial charge in [0.1, 0.15) is 0 Å². The Morgan fingerprint density at radius 3 is 2.00 bits per heavy atom. The Balaban J connectivity index is 1.64. The van der Waals surface area contributed by atoms with Crippen LogP contribution in [0.1, 0.15) is 5.69 Å². The van der Waals surface area contributed by atoms with Crippen LogP contribution in [-0.2, 0) is 5.41 Å². The summed E-state index contributed by atoms with van der Waals surface area (Å²) in [5.74, 6) is 2.09. The number of hydrogen-bond donors (Lipinski definition) is 0. The summed E-state index contributed by atoms with van der Waals surface area (Å²) in [6.45, 7) is 0. The van der Waals surface area contributed by atoms with Gasteiger partial charge in [-0.25, -0.2) is 0 Å². The van der Waals surface area contributed by atoms with Crippen molar-refractivity contribution in [3.05, 3.63) is 103 Å². The lowest BCUT2D eigenvalue weighted by molar-refractivity contribution is 0.820. The third kappa shape index (κ3) is 1.94. The first-order valence-electron chi connectivity index (χ1n) is 9.38. The Kier molecular flexibility index (Phi) is 2.77. The summed E-state index contributed by atoms with van der Waals surface area (Å²) in [7, 11) is 0. The zero-order valence-electron chi connectivity index (χ0n) is 14.4. The molecule has 0 unspecified atom stereocenters. The van der Waals surface area contributed by atoms with Crippen LogP contribution in [0.25, 0.3) is 22.0 Å². The molecule has 1 fully saturated rings. The quantitative estimate of drug-likeness (QED) is 0.548. The van der Waals surface area contributed by atoms with Gasteiger partial charge in [0, 0.05) is 5.39 Å². The number of para-hydroxylation sites is 1. The minimum atomic E-state index is -0.216. The van der Waals surface area contributed by atoms with E-state index in [9.17, 15) is 0 Å². The third-order valence-corrected chi connectivity index (χ3v) is 6.22. The molecule has 0 saturated heterocycles. The molecule has 1 heterocycles. The minimum absolute atomic E-state index is 0.216. The topological polar surface area (TPSA) is 12.9 Å². The molecule has 0 aliphatic heterocycles. The van der Waals surface area contributed by atoms with Crippen LogP contribution in [0.15, 0.2) is 97.1 Å². The van der Waals surface area contributed by atoms with Crippen molar-refractivity contribution in [2.75, 3.05) is 0 Å². The minimum Gasteiger partial charge on any atom is -0.251 e. The van der Waals surface area contributed by atoms with E-state index in [4.69, 9.17) is 4.98 Å². The number of benzene rings is 2. The highest BCUT2D eigenvalue weighted by Gasteiger charge is 2.49. The fraction of sp³-hybridized carbons (Fsp3) is 0.160. The average Bonchev–Trinajstić information content (AvgIpc) is 3.46. The summed E-state index contributed by atoms with van der Waals surface area (Å²) in [6.07, 6.45) is 14.3. The van der Waals surface area contributed by atoms with E-state index in [-0.39, 0.29) is 5.41 Å². The summed E-state index contributed by atoms with van der Waals surface area (Å²) < 4.78 is 0. The largest absolute Gasteiger partial charge is 0.251 e. The maximum Gasteiger partial charge on any atom is 0.0712 e. The summed E-state index contributed by atoms with van der Waals surface area (Å²) in [5, 5.41) is 1.21. The molecule has 1 nitrogen and oxygen atoms in total. The second kappa shape index (κ2) is 5.04. The smallest absolute Gasteiger partial charge is 0.0712 e.